The van der Waals surface area contributed by atoms with Gasteiger partial charge in [-0.15, -0.1) is 11.8 Å². The van der Waals surface area contributed by atoms with E-state index in [1.165, 1.54) is 0 Å². The van der Waals surface area contributed by atoms with Crippen molar-refractivity contribution in [2.45, 2.75) is 18.4 Å². The minimum absolute atomic E-state index is 0.0141. The highest BCUT2D eigenvalue weighted by molar-refractivity contribution is 8.00. The molecule has 1 amide bonds. The van der Waals surface area contributed by atoms with Crippen LogP contribution < -0.4 is 10.5 Å². The molecule has 0 unspecified atom stereocenters. The van der Waals surface area contributed by atoms with Gasteiger partial charge in [0.2, 0.25) is 5.91 Å². The standard InChI is InChI=1S/C14H14N2O2S/c1-3-16-10-5-6-11-14(9(10)4-7-12(16)17)19-8-13(18)15(11)2/h4-7H,3,8H2,1-2H3. The van der Waals surface area contributed by atoms with Gasteiger partial charge in [-0.3, -0.25) is 9.59 Å². The Morgan fingerprint density at radius 2 is 2.00 bits per heavy atom. The molecule has 1 aromatic heterocycles. The van der Waals surface area contributed by atoms with E-state index >= 15 is 0 Å². The molecule has 0 aliphatic carbocycles. The van der Waals surface area contributed by atoms with Gasteiger partial charge in [0, 0.05) is 29.9 Å². The Bertz CT molecular complexity index is 736. The molecule has 98 valence electrons. The highest BCUT2D eigenvalue weighted by Gasteiger charge is 2.23. The van der Waals surface area contributed by atoms with Gasteiger partial charge in [0.15, 0.2) is 0 Å². The lowest BCUT2D eigenvalue weighted by atomic mass is 10.1. The molecule has 0 N–H and O–H groups in total. The van der Waals surface area contributed by atoms with Crippen molar-refractivity contribution in [3.63, 3.8) is 0 Å². The molecule has 3 rings (SSSR count). The number of aryl methyl sites for hydroxylation is 1. The molecule has 1 aliphatic heterocycles. The number of carbonyl (C=O) groups is 1. The van der Waals surface area contributed by atoms with Gasteiger partial charge < -0.3 is 9.47 Å². The molecular formula is C14H14N2O2S. The zero-order chi connectivity index (χ0) is 13.6. The molecule has 0 bridgehead atoms. The third-order valence-corrected chi connectivity index (χ3v) is 4.60. The highest BCUT2D eigenvalue weighted by atomic mass is 32.2. The summed E-state index contributed by atoms with van der Waals surface area (Å²) in [5.74, 6) is 0.564. The lowest BCUT2D eigenvalue weighted by Gasteiger charge is -2.26. The van der Waals surface area contributed by atoms with Crippen LogP contribution in [0.4, 0.5) is 5.69 Å². The molecular weight excluding hydrogens is 260 g/mol. The van der Waals surface area contributed by atoms with Gasteiger partial charge in [-0.2, -0.15) is 0 Å². The van der Waals surface area contributed by atoms with Crippen molar-refractivity contribution < 1.29 is 4.79 Å². The van der Waals surface area contributed by atoms with E-state index in [4.69, 9.17) is 0 Å². The average molecular weight is 274 g/mol. The topological polar surface area (TPSA) is 42.3 Å². The maximum atomic E-state index is 11.8. The molecule has 1 aliphatic rings. The van der Waals surface area contributed by atoms with Crippen LogP contribution in [0.3, 0.4) is 0 Å². The first-order chi connectivity index (χ1) is 9.13. The van der Waals surface area contributed by atoms with Crippen molar-refractivity contribution in [2.24, 2.45) is 0 Å². The van der Waals surface area contributed by atoms with Crippen molar-refractivity contribution in [1.82, 2.24) is 4.57 Å². The van der Waals surface area contributed by atoms with E-state index in [-0.39, 0.29) is 11.5 Å². The maximum absolute atomic E-state index is 11.8. The second kappa shape index (κ2) is 4.42. The van der Waals surface area contributed by atoms with Crippen LogP contribution in [0, 0.1) is 0 Å². The zero-order valence-corrected chi connectivity index (χ0v) is 11.7. The summed E-state index contributed by atoms with van der Waals surface area (Å²) in [6.07, 6.45) is 0. The predicted octanol–water partition coefficient (Wildman–Crippen LogP) is 2.09. The molecule has 0 spiro atoms. The lowest BCUT2D eigenvalue weighted by molar-refractivity contribution is -0.116. The average Bonchev–Trinajstić information content (AvgIpc) is 2.42. The van der Waals surface area contributed by atoms with Crippen LogP contribution in [0.2, 0.25) is 0 Å². The molecule has 19 heavy (non-hydrogen) atoms. The second-order valence-electron chi connectivity index (χ2n) is 4.50. The summed E-state index contributed by atoms with van der Waals surface area (Å²) in [5.41, 5.74) is 1.87. The fraction of sp³-hybridized carbons (Fsp3) is 0.286. The van der Waals surface area contributed by atoms with Gasteiger partial charge in [-0.25, -0.2) is 0 Å². The van der Waals surface area contributed by atoms with Crippen molar-refractivity contribution in [2.75, 3.05) is 17.7 Å². The third kappa shape index (κ3) is 1.76. The molecule has 5 heteroatoms. The number of thioether (sulfide) groups is 1. The molecule has 2 heterocycles. The molecule has 0 saturated heterocycles. The monoisotopic (exact) mass is 274 g/mol. The summed E-state index contributed by atoms with van der Waals surface area (Å²) in [5, 5.41) is 1.04. The molecule has 0 radical (unpaired) electrons. The minimum Gasteiger partial charge on any atom is -0.314 e. The molecule has 4 nitrogen and oxygen atoms in total. The number of amides is 1. The number of fused-ring (bicyclic) bond motifs is 3. The molecule has 1 aromatic carbocycles. The first-order valence-corrected chi connectivity index (χ1v) is 7.18. The van der Waals surface area contributed by atoms with Crippen molar-refractivity contribution in [3.8, 4) is 0 Å². The fourth-order valence-corrected chi connectivity index (χ4v) is 3.59. The van der Waals surface area contributed by atoms with Gasteiger partial charge >= 0.3 is 0 Å². The second-order valence-corrected chi connectivity index (χ2v) is 5.49. The van der Waals surface area contributed by atoms with Crippen LogP contribution >= 0.6 is 11.8 Å². The summed E-state index contributed by atoms with van der Waals surface area (Å²) < 4.78 is 1.76. The van der Waals surface area contributed by atoms with E-state index in [0.29, 0.717) is 12.3 Å². The van der Waals surface area contributed by atoms with Crippen molar-refractivity contribution in [3.05, 3.63) is 34.6 Å². The molecule has 0 fully saturated rings. The van der Waals surface area contributed by atoms with Crippen LogP contribution in [0.5, 0.6) is 0 Å². The highest BCUT2D eigenvalue weighted by Crippen LogP contribution is 2.39. The van der Waals surface area contributed by atoms with Crippen LogP contribution in [-0.2, 0) is 11.3 Å². The summed E-state index contributed by atoms with van der Waals surface area (Å²) in [4.78, 5) is 26.3. The van der Waals surface area contributed by atoms with Crippen LogP contribution in [0.15, 0.2) is 34.0 Å². The summed E-state index contributed by atoms with van der Waals surface area (Å²) in [7, 11) is 1.79. The third-order valence-electron chi connectivity index (χ3n) is 3.49. The Morgan fingerprint density at radius 3 is 2.74 bits per heavy atom. The van der Waals surface area contributed by atoms with Crippen LogP contribution in [0.25, 0.3) is 10.9 Å². The Balaban J connectivity index is 2.36. The summed E-state index contributed by atoms with van der Waals surface area (Å²) in [6.45, 7) is 2.61. The van der Waals surface area contributed by atoms with Crippen molar-refractivity contribution >= 4 is 34.3 Å². The first kappa shape index (κ1) is 12.3. The fourth-order valence-electron chi connectivity index (χ4n) is 2.44. The van der Waals surface area contributed by atoms with Gasteiger partial charge in [0.25, 0.3) is 5.56 Å². The number of hydrogen-bond donors (Lipinski definition) is 0. The number of benzene rings is 1. The zero-order valence-electron chi connectivity index (χ0n) is 10.8. The number of pyridine rings is 1. The van der Waals surface area contributed by atoms with E-state index in [9.17, 15) is 9.59 Å². The lowest BCUT2D eigenvalue weighted by Crippen LogP contribution is -2.31. The number of aromatic nitrogens is 1. The molecule has 0 atom stereocenters. The Labute approximate surface area is 115 Å². The summed E-state index contributed by atoms with van der Waals surface area (Å²) in [6, 6.07) is 7.31. The van der Waals surface area contributed by atoms with Crippen LogP contribution in [-0.4, -0.2) is 23.3 Å². The Kier molecular flexibility index (Phi) is 2.86. The van der Waals surface area contributed by atoms with E-state index in [1.807, 2.05) is 25.1 Å². The molecule has 0 saturated carbocycles. The van der Waals surface area contributed by atoms with Gasteiger partial charge in [0.05, 0.1) is 17.0 Å². The van der Waals surface area contributed by atoms with Gasteiger partial charge in [-0.1, -0.05) is 0 Å². The van der Waals surface area contributed by atoms with Gasteiger partial charge in [0.1, 0.15) is 0 Å². The smallest absolute Gasteiger partial charge is 0.251 e. The van der Waals surface area contributed by atoms with Crippen LogP contribution in [0.1, 0.15) is 6.92 Å². The number of rotatable bonds is 1. The van der Waals surface area contributed by atoms with Gasteiger partial charge in [-0.05, 0) is 25.1 Å². The normalized spacial score (nSPS) is 14.8. The van der Waals surface area contributed by atoms with Crippen molar-refractivity contribution in [1.29, 1.82) is 0 Å². The largest absolute Gasteiger partial charge is 0.314 e. The van der Waals surface area contributed by atoms with E-state index in [2.05, 4.69) is 0 Å². The first-order valence-electron chi connectivity index (χ1n) is 6.19. The Morgan fingerprint density at radius 1 is 1.21 bits per heavy atom. The summed E-state index contributed by atoms with van der Waals surface area (Å²) >= 11 is 1.55. The predicted molar refractivity (Wildman–Crippen MR) is 78.0 cm³/mol. The minimum atomic E-state index is 0.0141. The Hall–Kier alpha value is -1.75. The number of carbonyl (C=O) groups excluding carboxylic acids is 1. The quantitative estimate of drug-likeness (QED) is 0.799. The number of hydrogen-bond acceptors (Lipinski definition) is 3. The number of anilines is 1. The maximum Gasteiger partial charge on any atom is 0.251 e. The molecule has 2 aromatic rings. The SMILES string of the molecule is CCn1c(=O)ccc2c3c(ccc21)N(C)C(=O)CS3. The van der Waals surface area contributed by atoms with E-state index in [1.54, 1.807) is 34.3 Å². The van der Waals surface area contributed by atoms with E-state index in [0.717, 1.165) is 21.5 Å². The van der Waals surface area contributed by atoms with E-state index < -0.39 is 0 Å². The number of nitrogens with zero attached hydrogens (tertiary/aromatic N) is 2.